The summed E-state index contributed by atoms with van der Waals surface area (Å²) in [4.78, 5) is 1.12. The Kier molecular flexibility index (Phi) is 3.47. The van der Waals surface area contributed by atoms with Gasteiger partial charge in [0.15, 0.2) is 0 Å². The lowest BCUT2D eigenvalue weighted by Gasteiger charge is -2.29. The summed E-state index contributed by atoms with van der Waals surface area (Å²) in [5.41, 5.74) is 0.0607. The molecule has 0 saturated carbocycles. The van der Waals surface area contributed by atoms with E-state index in [0.29, 0.717) is 22.3 Å². The van der Waals surface area contributed by atoms with Crippen LogP contribution < -0.4 is 4.90 Å². The lowest BCUT2D eigenvalue weighted by Crippen LogP contribution is -2.11. The van der Waals surface area contributed by atoms with E-state index in [1.807, 2.05) is 42.5 Å². The standard InChI is InChI=1S/C44H29NO/c1-2-11-30(12-3-1)31-21-25-35(26-22-31)45(42-20-10-15-32-13-4-6-16-36(32)42)41-19-9-8-17-37(41)34-24-28-43-40(29-34)39-27-23-33-14-5-7-18-38(33)44(39)46-43/h1-29H/i1D,2D,3D,4D,6D,10D,11D,12D,13D,15D,16D,20D,21D,22D,25D,26D. The third kappa shape index (κ3) is 4.35. The monoisotopic (exact) mass is 603 g/mol. The summed E-state index contributed by atoms with van der Waals surface area (Å²) in [6.07, 6.45) is 0. The largest absolute Gasteiger partial charge is 0.455 e. The highest BCUT2D eigenvalue weighted by Crippen LogP contribution is 2.45. The highest BCUT2D eigenvalue weighted by Gasteiger charge is 2.20. The topological polar surface area (TPSA) is 16.4 Å². The number of rotatable bonds is 5. The van der Waals surface area contributed by atoms with Gasteiger partial charge in [0.1, 0.15) is 11.2 Å². The first kappa shape index (κ1) is 14.8. The van der Waals surface area contributed by atoms with Crippen LogP contribution >= 0.6 is 0 Å². The summed E-state index contributed by atoms with van der Waals surface area (Å²) >= 11 is 0. The Hall–Kier alpha value is -6.12. The first-order valence-electron chi connectivity index (χ1n) is 22.4. The molecule has 0 bridgehead atoms. The summed E-state index contributed by atoms with van der Waals surface area (Å²) in [6, 6.07) is 11.7. The molecule has 8 aromatic carbocycles. The van der Waals surface area contributed by atoms with Crippen LogP contribution in [0.5, 0.6) is 0 Å². The second-order valence-electron chi connectivity index (χ2n) is 10.5. The Labute approximate surface area is 289 Å². The van der Waals surface area contributed by atoms with Gasteiger partial charge in [0.05, 0.1) is 33.3 Å². The molecule has 2 heteroatoms. The lowest BCUT2D eigenvalue weighted by atomic mass is 9.98. The van der Waals surface area contributed by atoms with Crippen molar-refractivity contribution >= 4 is 60.5 Å². The molecule has 2 nitrogen and oxygen atoms in total. The van der Waals surface area contributed by atoms with Crippen molar-refractivity contribution in [1.82, 2.24) is 0 Å². The average Bonchev–Trinajstić information content (AvgIpc) is 3.66. The smallest absolute Gasteiger partial charge is 0.143 e. The number of hydrogen-bond donors (Lipinski definition) is 0. The molecule has 0 N–H and O–H groups in total. The molecule has 0 saturated heterocycles. The predicted octanol–water partition coefficient (Wildman–Crippen LogP) is 12.7. The van der Waals surface area contributed by atoms with E-state index in [4.69, 9.17) is 19.5 Å². The van der Waals surface area contributed by atoms with Crippen LogP contribution in [-0.4, -0.2) is 0 Å². The van der Waals surface area contributed by atoms with Gasteiger partial charge < -0.3 is 9.32 Å². The number of nitrogens with zero attached hydrogens (tertiary/aromatic N) is 1. The van der Waals surface area contributed by atoms with Crippen LogP contribution in [0.3, 0.4) is 0 Å². The van der Waals surface area contributed by atoms with Crippen molar-refractivity contribution in [3.63, 3.8) is 0 Å². The highest BCUT2D eigenvalue weighted by molar-refractivity contribution is 6.15. The Morgan fingerprint density at radius 3 is 2.13 bits per heavy atom. The number of fused-ring (bicyclic) bond motifs is 6. The van der Waals surface area contributed by atoms with Crippen molar-refractivity contribution < 1.29 is 26.3 Å². The van der Waals surface area contributed by atoms with Crippen LogP contribution in [0.2, 0.25) is 0 Å². The molecular weight excluding hydrogens is 558 g/mol. The molecule has 0 amide bonds. The number of benzene rings is 8. The number of para-hydroxylation sites is 1. The lowest BCUT2D eigenvalue weighted by molar-refractivity contribution is 0.672. The molecule has 9 rings (SSSR count). The fourth-order valence-electron chi connectivity index (χ4n) is 5.82. The molecular formula is C44H29NO. The van der Waals surface area contributed by atoms with Crippen LogP contribution in [0.15, 0.2) is 180 Å². The molecule has 0 radical (unpaired) electrons. The van der Waals surface area contributed by atoms with E-state index >= 15 is 0 Å². The van der Waals surface area contributed by atoms with Gasteiger partial charge in [-0.05, 0) is 69.9 Å². The summed E-state index contributed by atoms with van der Waals surface area (Å²) in [5, 5.41) is 2.59. The van der Waals surface area contributed by atoms with E-state index in [9.17, 15) is 6.85 Å². The van der Waals surface area contributed by atoms with Crippen molar-refractivity contribution in [2.24, 2.45) is 0 Å². The van der Waals surface area contributed by atoms with Gasteiger partial charge in [0, 0.05) is 32.8 Å². The minimum atomic E-state index is -0.818. The Morgan fingerprint density at radius 2 is 1.22 bits per heavy atom. The number of furan rings is 1. The minimum absolute atomic E-state index is 0.0841. The van der Waals surface area contributed by atoms with Crippen molar-refractivity contribution in [3.8, 4) is 22.3 Å². The van der Waals surface area contributed by atoms with E-state index < -0.39 is 130 Å². The van der Waals surface area contributed by atoms with Crippen LogP contribution in [0.4, 0.5) is 17.1 Å². The first-order chi connectivity index (χ1) is 29.5. The van der Waals surface area contributed by atoms with E-state index in [2.05, 4.69) is 0 Å². The molecule has 0 aliphatic rings. The zero-order valence-electron chi connectivity index (χ0n) is 39.9. The molecule has 0 fully saturated rings. The maximum Gasteiger partial charge on any atom is 0.143 e. The highest BCUT2D eigenvalue weighted by atomic mass is 16.3. The van der Waals surface area contributed by atoms with Crippen LogP contribution in [0.1, 0.15) is 21.9 Å². The van der Waals surface area contributed by atoms with Gasteiger partial charge in [-0.25, -0.2) is 0 Å². The third-order valence-electron chi connectivity index (χ3n) is 7.92. The predicted molar refractivity (Wildman–Crippen MR) is 194 cm³/mol. The van der Waals surface area contributed by atoms with E-state index in [1.54, 1.807) is 36.4 Å². The van der Waals surface area contributed by atoms with Crippen molar-refractivity contribution in [2.45, 2.75) is 0 Å². The number of anilines is 3. The molecule has 46 heavy (non-hydrogen) atoms. The molecule has 1 heterocycles. The van der Waals surface area contributed by atoms with E-state index in [0.717, 1.165) is 26.4 Å². The van der Waals surface area contributed by atoms with Gasteiger partial charge in [0.2, 0.25) is 0 Å². The summed E-state index contributed by atoms with van der Waals surface area (Å²) in [6.45, 7) is 0. The molecule has 216 valence electrons. The fourth-order valence-corrected chi connectivity index (χ4v) is 5.82. The minimum Gasteiger partial charge on any atom is -0.455 e. The molecule has 0 atom stereocenters. The zero-order valence-corrected chi connectivity index (χ0v) is 23.9. The maximum atomic E-state index is 9.51. The number of hydrogen-bond acceptors (Lipinski definition) is 2. The molecule has 9 aromatic rings. The summed E-state index contributed by atoms with van der Waals surface area (Å²) in [5.74, 6) is 0. The van der Waals surface area contributed by atoms with Crippen LogP contribution in [-0.2, 0) is 0 Å². The van der Waals surface area contributed by atoms with Crippen molar-refractivity contribution in [3.05, 3.63) is 176 Å². The molecule has 0 spiro atoms. The second kappa shape index (κ2) is 10.8. The Bertz CT molecular complexity index is 3390. The van der Waals surface area contributed by atoms with Gasteiger partial charge in [-0.3, -0.25) is 0 Å². The van der Waals surface area contributed by atoms with Crippen molar-refractivity contribution in [1.29, 1.82) is 0 Å². The van der Waals surface area contributed by atoms with Gasteiger partial charge in [-0.2, -0.15) is 0 Å². The molecule has 0 aliphatic heterocycles. The van der Waals surface area contributed by atoms with Gasteiger partial charge in [0.25, 0.3) is 0 Å². The summed E-state index contributed by atoms with van der Waals surface area (Å²) < 4.78 is 148. The van der Waals surface area contributed by atoms with Gasteiger partial charge in [-0.15, -0.1) is 0 Å². The Morgan fingerprint density at radius 1 is 0.457 bits per heavy atom. The van der Waals surface area contributed by atoms with Gasteiger partial charge >= 0.3 is 0 Å². The maximum absolute atomic E-state index is 9.51. The SMILES string of the molecule is [2H]c1c([2H])c([2H])c(-c2c([2H])c([2H])c(N(c3ccccc3-c3ccc4oc5c6ccccc6ccc5c4c3)c3c([2H])c([2H])c([2H])c4c([2H])c([2H])c([2H])c([2H])c34)c([2H])c2[2H])c([2H])c1[2H]. The summed E-state index contributed by atoms with van der Waals surface area (Å²) in [7, 11) is 0. The van der Waals surface area contributed by atoms with Crippen LogP contribution in [0.25, 0.3) is 65.7 Å². The van der Waals surface area contributed by atoms with E-state index in [-0.39, 0.29) is 5.69 Å². The van der Waals surface area contributed by atoms with Gasteiger partial charge in [-0.1, -0.05) is 133 Å². The van der Waals surface area contributed by atoms with E-state index in [1.165, 1.54) is 0 Å². The quantitative estimate of drug-likeness (QED) is 0.195. The molecule has 1 aromatic heterocycles. The zero-order chi connectivity index (χ0) is 44.4. The molecule has 0 aliphatic carbocycles. The average molecular weight is 604 g/mol. The third-order valence-corrected chi connectivity index (χ3v) is 7.92. The normalized spacial score (nSPS) is 16.3. The van der Waals surface area contributed by atoms with Crippen LogP contribution in [0, 0.1) is 0 Å². The second-order valence-corrected chi connectivity index (χ2v) is 10.5. The molecule has 0 unspecified atom stereocenters. The van der Waals surface area contributed by atoms with Crippen molar-refractivity contribution in [2.75, 3.05) is 4.90 Å². The fraction of sp³-hybridized carbons (Fsp3) is 0. The Balaban J connectivity index is 1.41. The first-order valence-corrected chi connectivity index (χ1v) is 14.4.